The Hall–Kier alpha value is -1.62. The molecule has 10 heteroatoms. The van der Waals surface area contributed by atoms with Crippen LogP contribution in [-0.4, -0.2) is 34.3 Å². The van der Waals surface area contributed by atoms with Crippen molar-refractivity contribution in [3.8, 4) is 0 Å². The molecule has 0 spiro atoms. The van der Waals surface area contributed by atoms with Gasteiger partial charge in [-0.1, -0.05) is 31.5 Å². The van der Waals surface area contributed by atoms with Gasteiger partial charge in [0.2, 0.25) is 0 Å². The van der Waals surface area contributed by atoms with Crippen LogP contribution in [0.5, 0.6) is 0 Å². The predicted molar refractivity (Wildman–Crippen MR) is 132 cm³/mol. The average Bonchev–Trinajstić information content (AvgIpc) is 2.76. The Kier molecular flexibility index (Phi) is 6.85. The lowest BCUT2D eigenvalue weighted by Crippen LogP contribution is -2.45. The minimum atomic E-state index is -3.88. The second-order valence-electron chi connectivity index (χ2n) is 11.4. The Bertz CT molecular complexity index is 1280. The summed E-state index contributed by atoms with van der Waals surface area (Å²) in [5, 5.41) is 0. The molecule has 1 aromatic rings. The molecule has 0 amide bonds. The Morgan fingerprint density at radius 1 is 0.694 bits per heavy atom. The first kappa shape index (κ1) is 27.4. The van der Waals surface area contributed by atoms with Crippen LogP contribution in [0.15, 0.2) is 53.0 Å². The van der Waals surface area contributed by atoms with E-state index in [1.54, 1.807) is 12.1 Å². The summed E-state index contributed by atoms with van der Waals surface area (Å²) in [6, 6.07) is 6.50. The summed E-state index contributed by atoms with van der Waals surface area (Å²) < 4.78 is 85.3. The van der Waals surface area contributed by atoms with E-state index in [1.165, 1.54) is 24.3 Å². The molecule has 0 radical (unpaired) electrons. The van der Waals surface area contributed by atoms with Crippen molar-refractivity contribution in [1.29, 1.82) is 0 Å². The van der Waals surface area contributed by atoms with E-state index in [2.05, 4.69) is 0 Å². The van der Waals surface area contributed by atoms with E-state index in [0.717, 1.165) is 11.8 Å². The molecule has 36 heavy (non-hydrogen) atoms. The van der Waals surface area contributed by atoms with Gasteiger partial charge in [0, 0.05) is 10.8 Å². The van der Waals surface area contributed by atoms with Gasteiger partial charge in [0.15, 0.2) is 0 Å². The van der Waals surface area contributed by atoms with Gasteiger partial charge in [-0.05, 0) is 82.6 Å². The minimum Gasteiger partial charge on any atom is -0.259 e. The highest BCUT2D eigenvalue weighted by molar-refractivity contribution is 7.86. The molecule has 2 fully saturated rings. The summed E-state index contributed by atoms with van der Waals surface area (Å²) in [6.07, 6.45) is 8.58. The molecule has 6 aliphatic carbocycles. The van der Waals surface area contributed by atoms with E-state index in [-0.39, 0.29) is 22.0 Å². The molecular formula is C26H34F2O6S2. The number of hydrogen-bond acceptors (Lipinski definition) is 6. The number of aryl methyl sites for hydroxylation is 1. The van der Waals surface area contributed by atoms with E-state index in [9.17, 15) is 25.6 Å². The molecule has 0 N–H and O–H groups in total. The molecule has 2 saturated carbocycles. The molecule has 4 bridgehead atoms. The first-order valence-electron chi connectivity index (χ1n) is 12.2. The summed E-state index contributed by atoms with van der Waals surface area (Å²) >= 11 is 0. The van der Waals surface area contributed by atoms with Crippen LogP contribution in [0.25, 0.3) is 0 Å². The molecule has 6 aliphatic rings. The van der Waals surface area contributed by atoms with E-state index < -0.39 is 36.9 Å². The van der Waals surface area contributed by atoms with Crippen molar-refractivity contribution in [2.45, 2.75) is 88.2 Å². The van der Waals surface area contributed by atoms with Gasteiger partial charge >= 0.3 is 0 Å². The third-order valence-corrected chi connectivity index (χ3v) is 10.3. The van der Waals surface area contributed by atoms with Crippen LogP contribution in [-0.2, 0) is 28.6 Å². The van der Waals surface area contributed by atoms with Crippen LogP contribution in [0.3, 0.4) is 0 Å². The molecule has 200 valence electrons. The highest BCUT2D eigenvalue weighted by atomic mass is 32.2. The maximum atomic E-state index is 14.1. The first-order chi connectivity index (χ1) is 16.5. The predicted octanol–water partition coefficient (Wildman–Crippen LogP) is 6.04. The summed E-state index contributed by atoms with van der Waals surface area (Å²) in [5.41, 5.74) is -1.76. The zero-order valence-electron chi connectivity index (χ0n) is 21.1. The van der Waals surface area contributed by atoms with Crippen molar-refractivity contribution < 1.29 is 34.0 Å². The molecule has 1 aromatic carbocycles. The Balaban J connectivity index is 0.000000179. The average molecular weight is 545 g/mol. The van der Waals surface area contributed by atoms with Crippen molar-refractivity contribution >= 4 is 20.2 Å². The molecule has 0 aliphatic heterocycles. The molecule has 0 aromatic heterocycles. The third kappa shape index (κ3) is 5.47. The highest BCUT2D eigenvalue weighted by Crippen LogP contribution is 2.55. The van der Waals surface area contributed by atoms with Gasteiger partial charge in [0.25, 0.3) is 20.2 Å². The maximum Gasteiger partial charge on any atom is 0.297 e. The van der Waals surface area contributed by atoms with E-state index in [4.69, 9.17) is 8.37 Å². The first-order valence-corrected chi connectivity index (χ1v) is 15.4. The van der Waals surface area contributed by atoms with Crippen molar-refractivity contribution in [2.75, 3.05) is 6.26 Å². The Morgan fingerprint density at radius 2 is 1.08 bits per heavy atom. The zero-order valence-corrected chi connectivity index (χ0v) is 22.8. The number of fused-ring (bicyclic) bond motifs is 4. The quantitative estimate of drug-likeness (QED) is 0.421. The number of rotatable bonds is 5. The standard InChI is InChI=1S/C16H19FO3S.C10H15FO3S/c1-12-3-5-13(6-4-12)21(18,19)20-16-9-7-15(2,8-10-16)14(17)11-16;1-9-3-5-10(6-4-9,7-8(9)11)14-15(2,12)13/h3-6,11H,7-10H2,1-2H3;7H,3-6H2,1-2H3. The second kappa shape index (κ2) is 8.99. The Morgan fingerprint density at radius 3 is 1.44 bits per heavy atom. The Labute approximate surface area is 213 Å². The van der Waals surface area contributed by atoms with Crippen LogP contribution in [0, 0.1) is 17.8 Å². The van der Waals surface area contributed by atoms with Gasteiger partial charge in [-0.2, -0.15) is 16.8 Å². The fourth-order valence-electron chi connectivity index (χ4n) is 5.51. The number of halogens is 2. The lowest BCUT2D eigenvalue weighted by atomic mass is 9.63. The molecule has 6 nitrogen and oxygen atoms in total. The highest BCUT2D eigenvalue weighted by Gasteiger charge is 2.51. The van der Waals surface area contributed by atoms with Crippen molar-refractivity contribution in [1.82, 2.24) is 0 Å². The second-order valence-corrected chi connectivity index (χ2v) is 14.5. The van der Waals surface area contributed by atoms with Gasteiger partial charge in [0.1, 0.15) is 22.9 Å². The topological polar surface area (TPSA) is 86.7 Å². The molecule has 0 atom stereocenters. The summed E-state index contributed by atoms with van der Waals surface area (Å²) in [7, 11) is -7.40. The van der Waals surface area contributed by atoms with Crippen LogP contribution >= 0.6 is 0 Å². The lowest BCUT2D eigenvalue weighted by Gasteiger charge is -2.47. The fourth-order valence-corrected chi connectivity index (χ4v) is 7.55. The summed E-state index contributed by atoms with van der Waals surface area (Å²) in [5.74, 6) is -0.456. The summed E-state index contributed by atoms with van der Waals surface area (Å²) in [4.78, 5) is 0.121. The third-order valence-electron chi connectivity index (χ3n) is 8.24. The largest absolute Gasteiger partial charge is 0.297 e. The minimum absolute atomic E-state index is 0.121. The van der Waals surface area contributed by atoms with Crippen molar-refractivity contribution in [3.05, 3.63) is 53.6 Å². The smallest absolute Gasteiger partial charge is 0.259 e. The van der Waals surface area contributed by atoms with Crippen LogP contribution in [0.1, 0.15) is 70.8 Å². The maximum absolute atomic E-state index is 14.1. The summed E-state index contributed by atoms with van der Waals surface area (Å²) in [6.45, 7) is 5.65. The van der Waals surface area contributed by atoms with Crippen LogP contribution in [0.2, 0.25) is 0 Å². The van der Waals surface area contributed by atoms with Gasteiger partial charge in [-0.15, -0.1) is 0 Å². The van der Waals surface area contributed by atoms with Crippen molar-refractivity contribution in [2.24, 2.45) is 10.8 Å². The van der Waals surface area contributed by atoms with E-state index >= 15 is 0 Å². The van der Waals surface area contributed by atoms with Crippen molar-refractivity contribution in [3.63, 3.8) is 0 Å². The SMILES string of the molecule is CC12CCC(OS(C)(=O)=O)(C=C1F)CC2.Cc1ccc(S(=O)(=O)OC23C=C(F)C(C)(CC2)CC3)cc1. The van der Waals surface area contributed by atoms with Gasteiger partial charge in [-0.3, -0.25) is 8.37 Å². The van der Waals surface area contributed by atoms with E-state index in [0.29, 0.717) is 51.4 Å². The number of hydrogen-bond donors (Lipinski definition) is 0. The zero-order chi connectivity index (χ0) is 26.6. The fraction of sp³-hybridized carbons (Fsp3) is 0.615. The van der Waals surface area contributed by atoms with Crippen LogP contribution in [0.4, 0.5) is 8.78 Å². The van der Waals surface area contributed by atoms with E-state index in [1.807, 2.05) is 20.8 Å². The molecule has 0 unspecified atom stereocenters. The molecule has 0 saturated heterocycles. The molecule has 0 heterocycles. The lowest BCUT2D eigenvalue weighted by molar-refractivity contribution is 0.0151. The molecule has 7 rings (SSSR count). The normalized spacial score (nSPS) is 35.5. The number of allylic oxidation sites excluding steroid dienone is 2. The van der Waals surface area contributed by atoms with Gasteiger partial charge in [-0.25, -0.2) is 8.78 Å². The van der Waals surface area contributed by atoms with Gasteiger partial charge in [0.05, 0.1) is 11.2 Å². The van der Waals surface area contributed by atoms with Crippen LogP contribution < -0.4 is 0 Å². The number of benzene rings is 1. The molecular weight excluding hydrogens is 510 g/mol. The monoisotopic (exact) mass is 544 g/mol. The van der Waals surface area contributed by atoms with Gasteiger partial charge < -0.3 is 0 Å².